The highest BCUT2D eigenvalue weighted by Crippen LogP contribution is 2.44. The summed E-state index contributed by atoms with van der Waals surface area (Å²) >= 11 is 0. The van der Waals surface area contributed by atoms with E-state index in [2.05, 4.69) is 4.57 Å². The molecule has 0 bridgehead atoms. The lowest BCUT2D eigenvalue weighted by Crippen LogP contribution is -2.17. The van der Waals surface area contributed by atoms with Crippen LogP contribution in [-0.4, -0.2) is 29.1 Å². The number of nitrogens with one attached hydrogen (secondary N) is 1. The Labute approximate surface area is 231 Å². The lowest BCUT2D eigenvalue weighted by atomic mass is 9.88. The highest BCUT2D eigenvalue weighted by Gasteiger charge is 2.28. The molecule has 1 fully saturated rings. The quantitative estimate of drug-likeness (QED) is 0.179. The number of fused-ring (bicyclic) bond motifs is 1. The molecule has 0 spiro atoms. The van der Waals surface area contributed by atoms with Crippen LogP contribution in [0.2, 0.25) is 0 Å². The van der Waals surface area contributed by atoms with Crippen molar-refractivity contribution in [3.05, 3.63) is 83.3 Å². The summed E-state index contributed by atoms with van der Waals surface area (Å²) < 4.78 is 21.7. The first kappa shape index (κ1) is 30.1. The van der Waals surface area contributed by atoms with E-state index in [-0.39, 0.29) is 11.7 Å². The molecule has 1 aromatic heterocycles. The van der Waals surface area contributed by atoms with Crippen LogP contribution in [0.4, 0.5) is 10.1 Å². The summed E-state index contributed by atoms with van der Waals surface area (Å²) in [5.41, 5.74) is 12.4. The van der Waals surface area contributed by atoms with Crippen LogP contribution in [0.15, 0.2) is 60.7 Å². The standard InChI is InChI=1S/C29H30FN3O2.2C2H6/c1-29(2,34)21-5-3-18(4-6-21)27-24-16-25(32)20(17-31)15-26(24)33(23-9-7-22(30)8-10-23)28(27)19-11-13-35-14-12-19;2*1-2/h3-10,15-17,19,31,34H,11-14,32H2,1-2H3;2*1-2H3. The highest BCUT2D eigenvalue weighted by molar-refractivity contribution is 6.04. The minimum Gasteiger partial charge on any atom is -0.398 e. The Hall–Kier alpha value is -3.48. The second-order valence-electron chi connectivity index (χ2n) is 9.74. The number of aromatic nitrogens is 1. The summed E-state index contributed by atoms with van der Waals surface area (Å²) in [6.07, 6.45) is 3.01. The molecule has 0 radical (unpaired) electrons. The zero-order valence-corrected chi connectivity index (χ0v) is 24.0. The molecular weight excluding hydrogens is 489 g/mol. The second kappa shape index (κ2) is 13.0. The van der Waals surface area contributed by atoms with Crippen molar-refractivity contribution in [2.45, 2.75) is 65.9 Å². The number of nitrogen functional groups attached to an aromatic ring is 1. The smallest absolute Gasteiger partial charge is 0.123 e. The van der Waals surface area contributed by atoms with Gasteiger partial charge in [-0.2, -0.15) is 0 Å². The molecule has 1 aliphatic heterocycles. The maximum Gasteiger partial charge on any atom is 0.123 e. The van der Waals surface area contributed by atoms with E-state index in [0.29, 0.717) is 24.5 Å². The number of ether oxygens (including phenoxy) is 1. The maximum atomic E-state index is 13.9. The van der Waals surface area contributed by atoms with E-state index < -0.39 is 5.60 Å². The van der Waals surface area contributed by atoms with Crippen LogP contribution in [0.1, 0.15) is 77.1 Å². The van der Waals surface area contributed by atoms with Crippen LogP contribution in [-0.2, 0) is 10.3 Å². The SMILES string of the molecule is CC.CC.CC(C)(O)c1ccc(-c2c(C3CCOCC3)n(-c3ccc(F)cc3)c3cc(C=N)c(N)cc23)cc1. The predicted octanol–water partition coefficient (Wildman–Crippen LogP) is 8.19. The van der Waals surface area contributed by atoms with Crippen molar-refractivity contribution in [1.29, 1.82) is 5.41 Å². The molecule has 1 aliphatic rings. The van der Waals surface area contributed by atoms with Crippen LogP contribution >= 0.6 is 0 Å². The van der Waals surface area contributed by atoms with Crippen molar-refractivity contribution in [3.8, 4) is 16.8 Å². The van der Waals surface area contributed by atoms with Crippen LogP contribution in [0.25, 0.3) is 27.7 Å². The topological polar surface area (TPSA) is 84.3 Å². The Morgan fingerprint density at radius 2 is 1.56 bits per heavy atom. The molecule has 208 valence electrons. The van der Waals surface area contributed by atoms with Gasteiger partial charge in [0.15, 0.2) is 0 Å². The minimum absolute atomic E-state index is 0.231. The van der Waals surface area contributed by atoms with Crippen LogP contribution in [0.3, 0.4) is 0 Å². The van der Waals surface area contributed by atoms with Crippen LogP contribution in [0, 0.1) is 11.2 Å². The first-order valence-electron chi connectivity index (χ1n) is 13.9. The second-order valence-corrected chi connectivity index (χ2v) is 9.74. The summed E-state index contributed by atoms with van der Waals surface area (Å²) in [6, 6.07) is 18.4. The Bertz CT molecular complexity index is 1380. The average Bonchev–Trinajstić information content (AvgIpc) is 3.29. The Balaban J connectivity index is 0.00000100. The van der Waals surface area contributed by atoms with Gasteiger partial charge >= 0.3 is 0 Å². The van der Waals surface area contributed by atoms with Gasteiger partial charge < -0.3 is 25.6 Å². The molecule has 3 aromatic carbocycles. The van der Waals surface area contributed by atoms with Gasteiger partial charge in [-0.3, -0.25) is 0 Å². The zero-order chi connectivity index (χ0) is 28.7. The van der Waals surface area contributed by atoms with Gasteiger partial charge in [-0.1, -0.05) is 52.0 Å². The van der Waals surface area contributed by atoms with Gasteiger partial charge in [-0.05, 0) is 74.2 Å². The molecule has 1 saturated heterocycles. The summed E-state index contributed by atoms with van der Waals surface area (Å²) in [5.74, 6) is -0.0560. The molecule has 39 heavy (non-hydrogen) atoms. The molecule has 0 amide bonds. The first-order valence-corrected chi connectivity index (χ1v) is 13.9. The number of hydrogen-bond donors (Lipinski definition) is 3. The molecule has 0 saturated carbocycles. The van der Waals surface area contributed by atoms with Gasteiger partial charge in [0.1, 0.15) is 5.82 Å². The molecule has 4 N–H and O–H groups in total. The average molecular weight is 532 g/mol. The number of aliphatic hydroxyl groups is 1. The van der Waals surface area contributed by atoms with E-state index >= 15 is 0 Å². The monoisotopic (exact) mass is 531 g/mol. The van der Waals surface area contributed by atoms with Crippen molar-refractivity contribution < 1.29 is 14.2 Å². The van der Waals surface area contributed by atoms with E-state index in [9.17, 15) is 9.50 Å². The van der Waals surface area contributed by atoms with Crippen molar-refractivity contribution in [2.75, 3.05) is 18.9 Å². The van der Waals surface area contributed by atoms with E-state index in [1.807, 2.05) is 64.1 Å². The van der Waals surface area contributed by atoms with Crippen LogP contribution in [0.5, 0.6) is 0 Å². The molecule has 5 nitrogen and oxygen atoms in total. The number of nitrogens with zero attached hydrogens (tertiary/aromatic N) is 1. The summed E-state index contributed by atoms with van der Waals surface area (Å²) in [7, 11) is 0. The number of hydrogen-bond acceptors (Lipinski definition) is 4. The molecule has 0 aliphatic carbocycles. The van der Waals surface area contributed by atoms with Gasteiger partial charge in [-0.15, -0.1) is 0 Å². The molecule has 0 unspecified atom stereocenters. The van der Waals surface area contributed by atoms with Gasteiger partial charge in [0.2, 0.25) is 0 Å². The normalized spacial score (nSPS) is 13.7. The van der Waals surface area contributed by atoms with E-state index in [0.717, 1.165) is 51.8 Å². The van der Waals surface area contributed by atoms with E-state index in [1.165, 1.54) is 18.3 Å². The third kappa shape index (κ3) is 6.23. The third-order valence-electron chi connectivity index (χ3n) is 6.94. The molecule has 5 rings (SSSR count). The van der Waals surface area contributed by atoms with Crippen molar-refractivity contribution >= 4 is 22.8 Å². The fourth-order valence-electron chi connectivity index (χ4n) is 5.09. The lowest BCUT2D eigenvalue weighted by Gasteiger charge is -2.26. The molecule has 0 atom stereocenters. The van der Waals surface area contributed by atoms with Crippen molar-refractivity contribution in [2.24, 2.45) is 0 Å². The molecule has 2 heterocycles. The van der Waals surface area contributed by atoms with Gasteiger partial charge in [0.05, 0.1) is 11.1 Å². The van der Waals surface area contributed by atoms with Gasteiger partial charge in [0.25, 0.3) is 0 Å². The fourth-order valence-corrected chi connectivity index (χ4v) is 5.09. The number of nitrogens with two attached hydrogens (primary N) is 1. The fraction of sp³-hybridized carbons (Fsp3) is 0.364. The lowest BCUT2D eigenvalue weighted by molar-refractivity contribution is 0.0786. The molecule has 6 heteroatoms. The summed E-state index contributed by atoms with van der Waals surface area (Å²) in [5, 5.41) is 19.3. The largest absolute Gasteiger partial charge is 0.398 e. The summed E-state index contributed by atoms with van der Waals surface area (Å²) in [4.78, 5) is 0. The maximum absolute atomic E-state index is 13.9. The molecule has 4 aromatic rings. The summed E-state index contributed by atoms with van der Waals surface area (Å²) in [6.45, 7) is 12.9. The number of benzene rings is 3. The third-order valence-corrected chi connectivity index (χ3v) is 6.94. The van der Waals surface area contributed by atoms with Gasteiger partial charge in [0, 0.05) is 58.9 Å². The van der Waals surface area contributed by atoms with E-state index in [1.54, 1.807) is 26.0 Å². The van der Waals surface area contributed by atoms with Gasteiger partial charge in [-0.25, -0.2) is 4.39 Å². The number of rotatable bonds is 5. The Morgan fingerprint density at radius 3 is 2.10 bits per heavy atom. The Morgan fingerprint density at radius 1 is 0.974 bits per heavy atom. The van der Waals surface area contributed by atoms with Crippen molar-refractivity contribution in [3.63, 3.8) is 0 Å². The number of halogens is 1. The van der Waals surface area contributed by atoms with Crippen molar-refractivity contribution in [1.82, 2.24) is 4.57 Å². The predicted molar refractivity (Wildman–Crippen MR) is 162 cm³/mol. The highest BCUT2D eigenvalue weighted by atomic mass is 19.1. The zero-order valence-electron chi connectivity index (χ0n) is 24.0. The number of anilines is 1. The van der Waals surface area contributed by atoms with E-state index in [4.69, 9.17) is 15.9 Å². The minimum atomic E-state index is -0.937. The molecular formula is C33H42FN3O2. The first-order chi connectivity index (χ1) is 18.8. The van der Waals surface area contributed by atoms with Crippen LogP contribution < -0.4 is 5.73 Å². The Kier molecular flexibility index (Phi) is 10.1.